The highest BCUT2D eigenvalue weighted by Crippen LogP contribution is 2.57. The normalized spacial score (nSPS) is 31.4. The Labute approximate surface area is 114 Å². The van der Waals surface area contributed by atoms with Crippen LogP contribution in [0.5, 0.6) is 0 Å². The summed E-state index contributed by atoms with van der Waals surface area (Å²) < 4.78 is 0. The molecule has 1 aromatic rings. The predicted molar refractivity (Wildman–Crippen MR) is 73.3 cm³/mol. The third kappa shape index (κ3) is 2.39. The van der Waals surface area contributed by atoms with Crippen LogP contribution in [0.15, 0.2) is 30.3 Å². The van der Waals surface area contributed by atoms with Crippen molar-refractivity contribution in [1.82, 2.24) is 5.32 Å². The second kappa shape index (κ2) is 4.64. The van der Waals surface area contributed by atoms with E-state index in [0.29, 0.717) is 11.8 Å². The van der Waals surface area contributed by atoms with Gasteiger partial charge in [0.15, 0.2) is 0 Å². The molecule has 3 heteroatoms. The summed E-state index contributed by atoms with van der Waals surface area (Å²) in [6, 6.07) is 9.49. The van der Waals surface area contributed by atoms with Gasteiger partial charge in [0.2, 0.25) is 5.91 Å². The van der Waals surface area contributed by atoms with Gasteiger partial charge in [0.1, 0.15) is 5.60 Å². The molecule has 1 aromatic carbocycles. The van der Waals surface area contributed by atoms with E-state index in [2.05, 4.69) is 5.32 Å². The molecule has 3 atom stereocenters. The Balaban J connectivity index is 1.56. The number of hydrogen-bond acceptors (Lipinski definition) is 2. The van der Waals surface area contributed by atoms with E-state index in [1.165, 1.54) is 19.3 Å². The van der Waals surface area contributed by atoms with Crippen molar-refractivity contribution in [3.63, 3.8) is 0 Å². The quantitative estimate of drug-likeness (QED) is 0.869. The molecule has 0 aromatic heterocycles. The maximum Gasteiger partial charge on any atom is 0.223 e. The zero-order chi connectivity index (χ0) is 13.5. The van der Waals surface area contributed by atoms with Gasteiger partial charge in [0, 0.05) is 5.92 Å². The first-order valence-corrected chi connectivity index (χ1v) is 7.15. The zero-order valence-corrected chi connectivity index (χ0v) is 11.3. The summed E-state index contributed by atoms with van der Waals surface area (Å²) in [5, 5.41) is 13.3. The Morgan fingerprint density at radius 1 is 1.32 bits per heavy atom. The second-order valence-corrected chi connectivity index (χ2v) is 6.14. The summed E-state index contributed by atoms with van der Waals surface area (Å²) in [6.45, 7) is 2.03. The molecule has 3 rings (SSSR count). The maximum absolute atomic E-state index is 12.1. The van der Waals surface area contributed by atoms with Gasteiger partial charge in [-0.1, -0.05) is 36.8 Å². The number of benzene rings is 1. The molecule has 2 aliphatic rings. The monoisotopic (exact) mass is 259 g/mol. The van der Waals surface area contributed by atoms with E-state index in [1.807, 2.05) is 30.3 Å². The molecule has 2 aliphatic carbocycles. The summed E-state index contributed by atoms with van der Waals surface area (Å²) in [7, 11) is 0. The van der Waals surface area contributed by atoms with E-state index < -0.39 is 5.60 Å². The molecule has 2 fully saturated rings. The number of rotatable bonds is 4. The van der Waals surface area contributed by atoms with Crippen LogP contribution in [-0.4, -0.2) is 17.6 Å². The summed E-state index contributed by atoms with van der Waals surface area (Å²) >= 11 is 0. The van der Waals surface area contributed by atoms with E-state index in [9.17, 15) is 9.90 Å². The van der Waals surface area contributed by atoms with E-state index in [0.717, 1.165) is 5.56 Å². The third-order valence-electron chi connectivity index (χ3n) is 4.71. The van der Waals surface area contributed by atoms with Gasteiger partial charge in [-0.15, -0.1) is 0 Å². The van der Waals surface area contributed by atoms with Crippen LogP contribution in [0.2, 0.25) is 0 Å². The molecule has 2 N–H and O–H groups in total. The van der Waals surface area contributed by atoms with Crippen LogP contribution in [0.4, 0.5) is 0 Å². The van der Waals surface area contributed by atoms with Gasteiger partial charge in [-0.3, -0.25) is 4.79 Å². The molecule has 0 spiro atoms. The second-order valence-electron chi connectivity index (χ2n) is 6.14. The Hall–Kier alpha value is -1.35. The lowest BCUT2D eigenvalue weighted by atomic mass is 9.96. The number of hydrogen-bond donors (Lipinski definition) is 2. The summed E-state index contributed by atoms with van der Waals surface area (Å²) in [6.07, 6.45) is 3.69. The summed E-state index contributed by atoms with van der Waals surface area (Å²) in [4.78, 5) is 12.1. The van der Waals surface area contributed by atoms with E-state index >= 15 is 0 Å². The van der Waals surface area contributed by atoms with Crippen LogP contribution in [0.1, 0.15) is 31.7 Å². The largest absolute Gasteiger partial charge is 0.384 e. The smallest absolute Gasteiger partial charge is 0.223 e. The van der Waals surface area contributed by atoms with Crippen LogP contribution < -0.4 is 5.32 Å². The molecule has 19 heavy (non-hydrogen) atoms. The van der Waals surface area contributed by atoms with Crippen molar-refractivity contribution in [2.24, 2.45) is 17.8 Å². The van der Waals surface area contributed by atoms with Crippen molar-refractivity contribution in [3.05, 3.63) is 35.9 Å². The van der Waals surface area contributed by atoms with Crippen LogP contribution >= 0.6 is 0 Å². The van der Waals surface area contributed by atoms with Crippen LogP contribution in [-0.2, 0) is 10.4 Å². The van der Waals surface area contributed by atoms with Gasteiger partial charge in [-0.2, -0.15) is 0 Å². The summed E-state index contributed by atoms with van der Waals surface area (Å²) in [5.41, 5.74) is -0.160. The molecule has 0 radical (unpaired) electrons. The molecule has 3 unspecified atom stereocenters. The minimum Gasteiger partial charge on any atom is -0.384 e. The summed E-state index contributed by atoms with van der Waals surface area (Å²) in [5.74, 6) is 1.61. The fraction of sp³-hybridized carbons (Fsp3) is 0.562. The highest BCUT2D eigenvalue weighted by atomic mass is 16.3. The molecule has 0 bridgehead atoms. The van der Waals surface area contributed by atoms with Crippen LogP contribution in [0.3, 0.4) is 0 Å². The molecule has 1 amide bonds. The average molecular weight is 259 g/mol. The lowest BCUT2D eigenvalue weighted by Crippen LogP contribution is -2.39. The fourth-order valence-electron chi connectivity index (χ4n) is 3.49. The zero-order valence-electron chi connectivity index (χ0n) is 11.3. The van der Waals surface area contributed by atoms with Gasteiger partial charge in [0.25, 0.3) is 0 Å². The van der Waals surface area contributed by atoms with E-state index in [4.69, 9.17) is 0 Å². The van der Waals surface area contributed by atoms with Gasteiger partial charge < -0.3 is 10.4 Å². The molecule has 0 heterocycles. The highest BCUT2D eigenvalue weighted by molar-refractivity contribution is 5.82. The molecule has 3 nitrogen and oxygen atoms in total. The van der Waals surface area contributed by atoms with Crippen molar-refractivity contribution in [2.75, 3.05) is 6.54 Å². The van der Waals surface area contributed by atoms with E-state index in [1.54, 1.807) is 6.92 Å². The standard InChI is InChI=1S/C16H21NO2/c1-16(19,11-6-3-2-4-7-11)10-17-15(18)14-12-8-5-9-13(12)14/h2-4,6-7,12-14,19H,5,8-10H2,1H3,(H,17,18). The number of carbonyl (C=O) groups excluding carboxylic acids is 1. The first kappa shape index (κ1) is 12.7. The Morgan fingerprint density at radius 2 is 1.95 bits per heavy atom. The fourth-order valence-corrected chi connectivity index (χ4v) is 3.49. The highest BCUT2D eigenvalue weighted by Gasteiger charge is 2.56. The SMILES string of the molecule is CC(O)(CNC(=O)C1C2CCCC21)c1ccccc1. The van der Waals surface area contributed by atoms with Crippen molar-refractivity contribution >= 4 is 5.91 Å². The van der Waals surface area contributed by atoms with Crippen molar-refractivity contribution < 1.29 is 9.90 Å². The van der Waals surface area contributed by atoms with Gasteiger partial charge in [-0.25, -0.2) is 0 Å². The minimum absolute atomic E-state index is 0.130. The Bertz CT molecular complexity index is 459. The molecular formula is C16H21NO2. The lowest BCUT2D eigenvalue weighted by molar-refractivity contribution is -0.124. The number of fused-ring (bicyclic) bond motifs is 1. The van der Waals surface area contributed by atoms with Crippen LogP contribution in [0.25, 0.3) is 0 Å². The van der Waals surface area contributed by atoms with Gasteiger partial charge in [0.05, 0.1) is 6.54 Å². The molecule has 102 valence electrons. The van der Waals surface area contributed by atoms with Crippen molar-refractivity contribution in [2.45, 2.75) is 31.8 Å². The first-order valence-electron chi connectivity index (χ1n) is 7.15. The number of nitrogens with one attached hydrogen (secondary N) is 1. The lowest BCUT2D eigenvalue weighted by Gasteiger charge is -2.24. The van der Waals surface area contributed by atoms with Crippen molar-refractivity contribution in [1.29, 1.82) is 0 Å². The molecule has 0 aliphatic heterocycles. The van der Waals surface area contributed by atoms with E-state index in [-0.39, 0.29) is 18.4 Å². The molecular weight excluding hydrogens is 238 g/mol. The molecule has 0 saturated heterocycles. The Morgan fingerprint density at radius 3 is 2.58 bits per heavy atom. The number of aliphatic hydroxyl groups is 1. The topological polar surface area (TPSA) is 49.3 Å². The Kier molecular flexibility index (Phi) is 3.09. The molecule has 2 saturated carbocycles. The maximum atomic E-state index is 12.1. The number of carbonyl (C=O) groups is 1. The number of amides is 1. The minimum atomic E-state index is -0.999. The van der Waals surface area contributed by atoms with Crippen LogP contribution in [0, 0.1) is 17.8 Å². The van der Waals surface area contributed by atoms with Crippen molar-refractivity contribution in [3.8, 4) is 0 Å². The van der Waals surface area contributed by atoms with Gasteiger partial charge in [-0.05, 0) is 37.2 Å². The predicted octanol–water partition coefficient (Wildman–Crippen LogP) is 2.06. The first-order chi connectivity index (χ1) is 9.09. The van der Waals surface area contributed by atoms with Gasteiger partial charge >= 0.3 is 0 Å². The average Bonchev–Trinajstić information content (AvgIpc) is 2.90. The third-order valence-corrected chi connectivity index (χ3v) is 4.71.